The molecule has 0 bridgehead atoms. The Morgan fingerprint density at radius 3 is 3.30 bits per heavy atom. The lowest BCUT2D eigenvalue weighted by Gasteiger charge is -2.07. The fourth-order valence-corrected chi connectivity index (χ4v) is 0.829. The largest absolute Gasteiger partial charge is 0.380 e. The van der Waals surface area contributed by atoms with Crippen molar-refractivity contribution >= 4 is 0 Å². The van der Waals surface area contributed by atoms with E-state index >= 15 is 0 Å². The molecule has 1 aliphatic heterocycles. The molecule has 0 amide bonds. The molecule has 1 unspecified atom stereocenters. The van der Waals surface area contributed by atoms with E-state index in [1.165, 1.54) is 0 Å². The molecule has 56 valence electrons. The maximum Gasteiger partial charge on any atom is 0.128 e. The standard InChI is InChI=1S/C7H11NO2/c1-2-4-10-8-7-3-5-9-6-7/h1,7-8H,3-6H2. The highest BCUT2D eigenvalue weighted by atomic mass is 16.6. The van der Waals surface area contributed by atoms with Gasteiger partial charge in [-0.1, -0.05) is 5.92 Å². The van der Waals surface area contributed by atoms with Gasteiger partial charge in [-0.2, -0.15) is 5.48 Å². The Morgan fingerprint density at radius 2 is 2.70 bits per heavy atom. The number of hydroxylamine groups is 1. The molecule has 1 atom stereocenters. The van der Waals surface area contributed by atoms with Crippen molar-refractivity contribution < 1.29 is 9.57 Å². The van der Waals surface area contributed by atoms with Gasteiger partial charge in [-0.05, 0) is 6.42 Å². The first-order chi connectivity index (χ1) is 4.93. The van der Waals surface area contributed by atoms with Crippen molar-refractivity contribution in [2.45, 2.75) is 12.5 Å². The summed E-state index contributed by atoms with van der Waals surface area (Å²) in [7, 11) is 0. The van der Waals surface area contributed by atoms with E-state index in [1.807, 2.05) is 0 Å². The van der Waals surface area contributed by atoms with Gasteiger partial charge in [0, 0.05) is 6.61 Å². The molecule has 3 heteroatoms. The Balaban J connectivity index is 1.97. The third-order valence-corrected chi connectivity index (χ3v) is 1.34. The average Bonchev–Trinajstić information content (AvgIpc) is 2.41. The molecule has 1 fully saturated rings. The molecule has 1 saturated heterocycles. The van der Waals surface area contributed by atoms with E-state index in [9.17, 15) is 0 Å². The summed E-state index contributed by atoms with van der Waals surface area (Å²) in [6.07, 6.45) is 5.97. The van der Waals surface area contributed by atoms with Gasteiger partial charge in [-0.15, -0.1) is 6.42 Å². The smallest absolute Gasteiger partial charge is 0.128 e. The summed E-state index contributed by atoms with van der Waals surface area (Å²) in [6.45, 7) is 1.86. The van der Waals surface area contributed by atoms with Gasteiger partial charge in [0.15, 0.2) is 0 Å². The van der Waals surface area contributed by atoms with E-state index in [2.05, 4.69) is 11.4 Å². The van der Waals surface area contributed by atoms with Crippen LogP contribution >= 0.6 is 0 Å². The van der Waals surface area contributed by atoms with Crippen LogP contribution in [0.25, 0.3) is 0 Å². The van der Waals surface area contributed by atoms with Crippen LogP contribution < -0.4 is 5.48 Å². The van der Waals surface area contributed by atoms with Crippen LogP contribution in [0.4, 0.5) is 0 Å². The van der Waals surface area contributed by atoms with Crippen molar-refractivity contribution in [2.75, 3.05) is 19.8 Å². The molecular formula is C7H11NO2. The molecule has 10 heavy (non-hydrogen) atoms. The van der Waals surface area contributed by atoms with Crippen molar-refractivity contribution in [1.82, 2.24) is 5.48 Å². The first-order valence-electron chi connectivity index (χ1n) is 3.32. The van der Waals surface area contributed by atoms with E-state index in [0.29, 0.717) is 12.6 Å². The third-order valence-electron chi connectivity index (χ3n) is 1.34. The fraction of sp³-hybridized carbons (Fsp3) is 0.714. The normalized spacial score (nSPS) is 24.5. The van der Waals surface area contributed by atoms with Crippen molar-refractivity contribution in [3.8, 4) is 12.3 Å². The summed E-state index contributed by atoms with van der Waals surface area (Å²) in [5.41, 5.74) is 2.82. The highest BCUT2D eigenvalue weighted by Crippen LogP contribution is 2.02. The van der Waals surface area contributed by atoms with Crippen molar-refractivity contribution in [2.24, 2.45) is 0 Å². The minimum atomic E-state index is 0.316. The number of rotatable bonds is 3. The van der Waals surface area contributed by atoms with Crippen LogP contribution in [0.3, 0.4) is 0 Å². The number of hydrogen-bond acceptors (Lipinski definition) is 3. The third kappa shape index (κ3) is 2.36. The summed E-state index contributed by atoms with van der Waals surface area (Å²) >= 11 is 0. The second-order valence-corrected chi connectivity index (χ2v) is 2.17. The number of hydrogen-bond donors (Lipinski definition) is 1. The van der Waals surface area contributed by atoms with Crippen molar-refractivity contribution in [3.63, 3.8) is 0 Å². The van der Waals surface area contributed by atoms with Crippen LogP contribution in [0.1, 0.15) is 6.42 Å². The zero-order chi connectivity index (χ0) is 7.23. The van der Waals surface area contributed by atoms with Crippen LogP contribution in [0.15, 0.2) is 0 Å². The maximum absolute atomic E-state index is 5.09. The van der Waals surface area contributed by atoms with Crippen LogP contribution in [-0.4, -0.2) is 25.9 Å². The second kappa shape index (κ2) is 4.29. The van der Waals surface area contributed by atoms with Crippen LogP contribution in [0.5, 0.6) is 0 Å². The number of terminal acetylenes is 1. The van der Waals surface area contributed by atoms with Gasteiger partial charge >= 0.3 is 0 Å². The lowest BCUT2D eigenvalue weighted by Crippen LogP contribution is -2.29. The molecular weight excluding hydrogens is 130 g/mol. The van der Waals surface area contributed by atoms with Gasteiger partial charge in [0.2, 0.25) is 0 Å². The molecule has 1 rings (SSSR count). The van der Waals surface area contributed by atoms with Crippen LogP contribution in [-0.2, 0) is 9.57 Å². The maximum atomic E-state index is 5.09. The highest BCUT2D eigenvalue weighted by Gasteiger charge is 2.14. The Hall–Kier alpha value is -0.560. The number of nitrogens with one attached hydrogen (secondary N) is 1. The monoisotopic (exact) mass is 141 g/mol. The van der Waals surface area contributed by atoms with E-state index < -0.39 is 0 Å². The van der Waals surface area contributed by atoms with Gasteiger partial charge in [-0.3, -0.25) is 4.84 Å². The Labute approximate surface area is 60.7 Å². The molecule has 0 radical (unpaired) electrons. The number of ether oxygens (including phenoxy) is 1. The molecule has 0 aliphatic carbocycles. The Morgan fingerprint density at radius 1 is 1.80 bits per heavy atom. The molecule has 0 aromatic rings. The van der Waals surface area contributed by atoms with Gasteiger partial charge in [-0.25, -0.2) is 0 Å². The van der Waals surface area contributed by atoms with Gasteiger partial charge in [0.1, 0.15) is 6.61 Å². The SMILES string of the molecule is C#CCONC1CCOC1. The molecule has 1 aliphatic rings. The lowest BCUT2D eigenvalue weighted by molar-refractivity contribution is 0.0343. The molecule has 1 N–H and O–H groups in total. The molecule has 0 saturated carbocycles. The Bertz CT molecular complexity index is 124. The zero-order valence-corrected chi connectivity index (χ0v) is 5.80. The quantitative estimate of drug-likeness (QED) is 0.339. The van der Waals surface area contributed by atoms with Crippen molar-refractivity contribution in [3.05, 3.63) is 0 Å². The molecule has 3 nitrogen and oxygen atoms in total. The first kappa shape index (κ1) is 7.55. The highest BCUT2D eigenvalue weighted by molar-refractivity contribution is 4.82. The Kier molecular flexibility index (Phi) is 3.23. The van der Waals surface area contributed by atoms with E-state index in [-0.39, 0.29) is 0 Å². The minimum Gasteiger partial charge on any atom is -0.380 e. The molecule has 0 spiro atoms. The van der Waals surface area contributed by atoms with E-state index in [0.717, 1.165) is 19.6 Å². The van der Waals surface area contributed by atoms with Crippen molar-refractivity contribution in [1.29, 1.82) is 0 Å². The molecule has 1 heterocycles. The summed E-state index contributed by atoms with van der Waals surface area (Å²) in [4.78, 5) is 4.90. The topological polar surface area (TPSA) is 30.5 Å². The van der Waals surface area contributed by atoms with Crippen LogP contribution in [0.2, 0.25) is 0 Å². The molecule has 0 aromatic heterocycles. The van der Waals surface area contributed by atoms with Gasteiger partial charge in [0.05, 0.1) is 12.6 Å². The molecule has 0 aromatic carbocycles. The van der Waals surface area contributed by atoms with E-state index in [4.69, 9.17) is 16.0 Å². The lowest BCUT2D eigenvalue weighted by atomic mass is 10.3. The van der Waals surface area contributed by atoms with Gasteiger partial charge < -0.3 is 4.74 Å². The fourth-order valence-electron chi connectivity index (χ4n) is 0.829. The van der Waals surface area contributed by atoms with Gasteiger partial charge in [0.25, 0.3) is 0 Å². The zero-order valence-electron chi connectivity index (χ0n) is 5.80. The summed E-state index contributed by atoms with van der Waals surface area (Å²) < 4.78 is 5.09. The minimum absolute atomic E-state index is 0.316. The summed E-state index contributed by atoms with van der Waals surface area (Å²) in [6, 6.07) is 0.327. The summed E-state index contributed by atoms with van der Waals surface area (Å²) in [5, 5.41) is 0. The predicted octanol–water partition coefficient (Wildman–Crippen LogP) is -0.0703. The van der Waals surface area contributed by atoms with E-state index in [1.54, 1.807) is 0 Å². The average molecular weight is 141 g/mol. The summed E-state index contributed by atoms with van der Waals surface area (Å²) in [5.74, 6) is 2.37. The second-order valence-electron chi connectivity index (χ2n) is 2.17. The predicted molar refractivity (Wildman–Crippen MR) is 37.1 cm³/mol. The first-order valence-corrected chi connectivity index (χ1v) is 3.32. The van der Waals surface area contributed by atoms with Crippen LogP contribution in [0, 0.1) is 12.3 Å².